The van der Waals surface area contributed by atoms with Crippen LogP contribution >= 0.6 is 34.2 Å². The average Bonchev–Trinajstić information content (AvgIpc) is 3.67. The highest BCUT2D eigenvalue weighted by Gasteiger charge is 2.57. The molecule has 3 aromatic carbocycles. The summed E-state index contributed by atoms with van der Waals surface area (Å²) in [4.78, 5) is 31.0. The van der Waals surface area contributed by atoms with Crippen molar-refractivity contribution in [3.8, 4) is 11.5 Å². The van der Waals surface area contributed by atoms with Gasteiger partial charge in [0.25, 0.3) is 0 Å². The summed E-state index contributed by atoms with van der Waals surface area (Å²) in [5, 5.41) is 0.679. The molecule has 0 saturated heterocycles. The van der Waals surface area contributed by atoms with Gasteiger partial charge in [0.2, 0.25) is 11.8 Å². The summed E-state index contributed by atoms with van der Waals surface area (Å²) in [5.41, 5.74) is 5.97. The van der Waals surface area contributed by atoms with Gasteiger partial charge >= 0.3 is 0 Å². The predicted molar refractivity (Wildman–Crippen MR) is 145 cm³/mol. The number of amides is 2. The van der Waals surface area contributed by atoms with Crippen molar-refractivity contribution in [2.24, 2.45) is 11.1 Å². The molecule has 2 N–H and O–H groups in total. The SMILES string of the molecule is Cc1cc2c(Oc3cc(Cl)c(N(C(=O)C4(C(N)=O)CC4)c4ccc(F)cc4)cc3F)ccnc2cc1I. The maximum absolute atomic E-state index is 15.4. The van der Waals surface area contributed by atoms with E-state index < -0.39 is 28.9 Å². The third kappa shape index (κ3) is 4.61. The van der Waals surface area contributed by atoms with Crippen molar-refractivity contribution < 1.29 is 23.1 Å². The number of pyridine rings is 1. The zero-order valence-corrected chi connectivity index (χ0v) is 22.3. The number of fused-ring (bicyclic) bond motifs is 1. The predicted octanol–water partition coefficient (Wildman–Crippen LogP) is 6.80. The lowest BCUT2D eigenvalue weighted by atomic mass is 10.0. The molecule has 0 aliphatic heterocycles. The van der Waals surface area contributed by atoms with Gasteiger partial charge in [0, 0.05) is 33.0 Å². The molecule has 0 radical (unpaired) electrons. The summed E-state index contributed by atoms with van der Waals surface area (Å²) in [6.45, 7) is 1.95. The van der Waals surface area contributed by atoms with Gasteiger partial charge in [-0.25, -0.2) is 8.78 Å². The van der Waals surface area contributed by atoms with Crippen LogP contribution in [0.3, 0.4) is 0 Å². The highest BCUT2D eigenvalue weighted by Crippen LogP contribution is 2.50. The molecule has 37 heavy (non-hydrogen) atoms. The minimum Gasteiger partial charge on any atom is -0.453 e. The average molecular weight is 634 g/mol. The summed E-state index contributed by atoms with van der Waals surface area (Å²) in [7, 11) is 0. The lowest BCUT2D eigenvalue weighted by molar-refractivity contribution is -0.133. The van der Waals surface area contributed by atoms with Crippen LogP contribution in [0.1, 0.15) is 18.4 Å². The van der Waals surface area contributed by atoms with E-state index in [1.54, 1.807) is 12.3 Å². The summed E-state index contributed by atoms with van der Waals surface area (Å²) in [6, 6.07) is 12.7. The van der Waals surface area contributed by atoms with E-state index >= 15 is 4.39 Å². The fourth-order valence-corrected chi connectivity index (χ4v) is 4.77. The number of anilines is 2. The Hall–Kier alpha value is -3.31. The summed E-state index contributed by atoms with van der Waals surface area (Å²) in [5.74, 6) is -2.55. The van der Waals surface area contributed by atoms with Crippen LogP contribution in [0.25, 0.3) is 10.9 Å². The zero-order chi connectivity index (χ0) is 26.5. The Morgan fingerprint density at radius 3 is 2.43 bits per heavy atom. The van der Waals surface area contributed by atoms with Crippen molar-refractivity contribution in [3.05, 3.63) is 86.6 Å². The van der Waals surface area contributed by atoms with Crippen LogP contribution in [0.2, 0.25) is 5.02 Å². The Morgan fingerprint density at radius 1 is 1.08 bits per heavy atom. The van der Waals surface area contributed by atoms with E-state index in [0.717, 1.165) is 32.2 Å². The number of carbonyl (C=O) groups excluding carboxylic acids is 2. The van der Waals surface area contributed by atoms with E-state index in [0.29, 0.717) is 16.7 Å². The third-order valence-electron chi connectivity index (χ3n) is 6.36. The van der Waals surface area contributed by atoms with Crippen LogP contribution in [0.15, 0.2) is 60.8 Å². The maximum Gasteiger partial charge on any atom is 0.247 e. The third-order valence-corrected chi connectivity index (χ3v) is 7.83. The van der Waals surface area contributed by atoms with Crippen LogP contribution in [-0.4, -0.2) is 16.8 Å². The summed E-state index contributed by atoms with van der Waals surface area (Å²) < 4.78 is 36.0. The van der Waals surface area contributed by atoms with Crippen LogP contribution in [-0.2, 0) is 9.59 Å². The van der Waals surface area contributed by atoms with Gasteiger partial charge in [-0.3, -0.25) is 19.5 Å². The van der Waals surface area contributed by atoms with Gasteiger partial charge in [0.05, 0.1) is 16.2 Å². The number of hydrogen-bond donors (Lipinski definition) is 1. The van der Waals surface area contributed by atoms with Crippen molar-refractivity contribution >= 4 is 68.3 Å². The number of halogens is 4. The van der Waals surface area contributed by atoms with Gasteiger partial charge in [0.1, 0.15) is 17.0 Å². The van der Waals surface area contributed by atoms with Crippen LogP contribution < -0.4 is 15.4 Å². The minimum atomic E-state index is -1.42. The number of nitrogens with zero attached hydrogens (tertiary/aromatic N) is 2. The topological polar surface area (TPSA) is 85.5 Å². The molecule has 5 rings (SSSR count). The van der Waals surface area contributed by atoms with E-state index in [-0.39, 0.29) is 35.0 Å². The van der Waals surface area contributed by atoms with Crippen molar-refractivity contribution in [3.63, 3.8) is 0 Å². The summed E-state index contributed by atoms with van der Waals surface area (Å²) in [6.07, 6.45) is 2.08. The van der Waals surface area contributed by atoms with Gasteiger partial charge in [-0.2, -0.15) is 0 Å². The Balaban J connectivity index is 1.57. The second-order valence-electron chi connectivity index (χ2n) is 8.83. The molecule has 1 aromatic heterocycles. The molecule has 0 bridgehead atoms. The molecule has 4 aromatic rings. The quantitative estimate of drug-likeness (QED) is 0.187. The number of aryl methyl sites for hydroxylation is 1. The first-order valence-electron chi connectivity index (χ1n) is 11.2. The Morgan fingerprint density at radius 2 is 1.78 bits per heavy atom. The minimum absolute atomic E-state index is 0.0153. The fraction of sp³-hybridized carbons (Fsp3) is 0.148. The molecule has 1 saturated carbocycles. The molecule has 0 unspecified atom stereocenters. The molecule has 2 amide bonds. The molecular weight excluding hydrogens is 615 g/mol. The van der Waals surface area contributed by atoms with Crippen molar-refractivity contribution in [2.45, 2.75) is 19.8 Å². The van der Waals surface area contributed by atoms with Gasteiger partial charge in [0.15, 0.2) is 11.6 Å². The van der Waals surface area contributed by atoms with Crippen LogP contribution in [0.5, 0.6) is 11.5 Å². The number of carbonyl (C=O) groups is 2. The first-order chi connectivity index (χ1) is 17.6. The second kappa shape index (κ2) is 9.53. The van der Waals surface area contributed by atoms with E-state index in [1.165, 1.54) is 18.2 Å². The van der Waals surface area contributed by atoms with Gasteiger partial charge in [-0.05, 0) is 90.4 Å². The molecule has 1 aliphatic rings. The molecule has 6 nitrogen and oxygen atoms in total. The zero-order valence-electron chi connectivity index (χ0n) is 19.4. The number of nitrogens with two attached hydrogens (primary N) is 1. The van der Waals surface area contributed by atoms with Crippen molar-refractivity contribution in [2.75, 3.05) is 4.90 Å². The van der Waals surface area contributed by atoms with Crippen molar-refractivity contribution in [1.29, 1.82) is 0 Å². The van der Waals surface area contributed by atoms with E-state index in [9.17, 15) is 14.0 Å². The summed E-state index contributed by atoms with van der Waals surface area (Å²) >= 11 is 8.77. The van der Waals surface area contributed by atoms with Crippen LogP contribution in [0, 0.1) is 27.5 Å². The number of benzene rings is 3. The van der Waals surface area contributed by atoms with Gasteiger partial charge < -0.3 is 10.5 Å². The van der Waals surface area contributed by atoms with E-state index in [2.05, 4.69) is 27.6 Å². The smallest absolute Gasteiger partial charge is 0.247 e. The van der Waals surface area contributed by atoms with Crippen molar-refractivity contribution in [1.82, 2.24) is 4.98 Å². The molecule has 188 valence electrons. The second-order valence-corrected chi connectivity index (χ2v) is 10.4. The number of hydrogen-bond acceptors (Lipinski definition) is 4. The van der Waals surface area contributed by atoms with E-state index in [1.807, 2.05) is 19.1 Å². The molecule has 1 heterocycles. The Kier molecular flexibility index (Phi) is 6.53. The first-order valence-corrected chi connectivity index (χ1v) is 12.7. The largest absolute Gasteiger partial charge is 0.453 e. The maximum atomic E-state index is 15.4. The molecule has 10 heteroatoms. The molecule has 0 spiro atoms. The van der Waals surface area contributed by atoms with Crippen LogP contribution in [0.4, 0.5) is 20.2 Å². The number of rotatable bonds is 6. The number of ether oxygens (including phenoxy) is 1. The highest BCUT2D eigenvalue weighted by atomic mass is 127. The Labute approximate surface area is 229 Å². The lowest BCUT2D eigenvalue weighted by Gasteiger charge is -2.27. The molecule has 1 aliphatic carbocycles. The van der Waals surface area contributed by atoms with Gasteiger partial charge in [-0.1, -0.05) is 11.6 Å². The van der Waals surface area contributed by atoms with E-state index in [4.69, 9.17) is 22.1 Å². The lowest BCUT2D eigenvalue weighted by Crippen LogP contribution is -2.41. The normalized spacial score (nSPS) is 13.9. The monoisotopic (exact) mass is 633 g/mol. The number of primary amides is 1. The molecular formula is C27H19ClF2IN3O3. The van der Waals surface area contributed by atoms with Gasteiger partial charge in [-0.15, -0.1) is 0 Å². The number of aromatic nitrogens is 1. The first kappa shape index (κ1) is 25.3. The molecule has 1 fully saturated rings. The Bertz CT molecular complexity index is 1580. The standard InChI is InChI=1S/C27H19ClF2IN3O3/c1-14-10-17-21(13-20(14)31)33-9-6-23(17)37-24-11-18(28)22(12-19(24)30)34(16-4-2-15(29)3-5-16)26(36)27(7-8-27)25(32)35/h2-6,9-13H,7-8H2,1H3,(H2,32,35). The highest BCUT2D eigenvalue weighted by molar-refractivity contribution is 14.1. The molecule has 0 atom stereocenters. The fourth-order valence-electron chi connectivity index (χ4n) is 4.09.